The third kappa shape index (κ3) is 2.73. The molecule has 3 unspecified atom stereocenters. The van der Waals surface area contributed by atoms with Crippen molar-refractivity contribution in [3.8, 4) is 0 Å². The second-order valence-electron chi connectivity index (χ2n) is 6.03. The van der Waals surface area contributed by atoms with E-state index in [0.29, 0.717) is 0 Å². The summed E-state index contributed by atoms with van der Waals surface area (Å²) in [5.74, 6) is 2.72. The first kappa shape index (κ1) is 11.4. The van der Waals surface area contributed by atoms with E-state index in [4.69, 9.17) is 5.73 Å². The minimum Gasteiger partial charge on any atom is -0.329 e. The summed E-state index contributed by atoms with van der Waals surface area (Å²) in [6, 6.07) is 0. The Balaban J connectivity index is 1.79. The van der Waals surface area contributed by atoms with E-state index >= 15 is 0 Å². The van der Waals surface area contributed by atoms with Gasteiger partial charge >= 0.3 is 0 Å². The molecule has 2 rings (SSSR count). The average Bonchev–Trinajstić information content (AvgIpc) is 3.01. The molecule has 0 bridgehead atoms. The maximum atomic E-state index is 5.95. The van der Waals surface area contributed by atoms with Crippen LogP contribution in [0.25, 0.3) is 0 Å². The number of nitrogens with one attached hydrogen (secondary N) is 1. The molecule has 3 N–H and O–H groups in total. The lowest BCUT2D eigenvalue weighted by Crippen LogP contribution is -2.50. The Labute approximate surface area is 94.0 Å². The third-order valence-electron chi connectivity index (χ3n) is 4.47. The lowest BCUT2D eigenvalue weighted by atomic mass is 9.94. The monoisotopic (exact) mass is 210 g/mol. The van der Waals surface area contributed by atoms with Crippen molar-refractivity contribution in [1.29, 1.82) is 0 Å². The summed E-state index contributed by atoms with van der Waals surface area (Å²) >= 11 is 0. The molecule has 0 aromatic heterocycles. The molecule has 0 aromatic carbocycles. The summed E-state index contributed by atoms with van der Waals surface area (Å²) in [5, 5.41) is 3.77. The SMILES string of the molecule is CC1CCC(CN)(NCC(C)C2CC2)C1. The van der Waals surface area contributed by atoms with Crippen molar-refractivity contribution in [3.05, 3.63) is 0 Å². The molecule has 2 aliphatic carbocycles. The standard InChI is InChI=1S/C13H26N2/c1-10-5-6-13(7-10,9-14)15-8-11(2)12-3-4-12/h10-12,15H,3-9,14H2,1-2H3. The fourth-order valence-electron chi connectivity index (χ4n) is 3.02. The maximum Gasteiger partial charge on any atom is 0.0306 e. The molecule has 2 nitrogen and oxygen atoms in total. The van der Waals surface area contributed by atoms with Gasteiger partial charge < -0.3 is 11.1 Å². The second kappa shape index (κ2) is 4.42. The van der Waals surface area contributed by atoms with Crippen LogP contribution >= 0.6 is 0 Å². The summed E-state index contributed by atoms with van der Waals surface area (Å²) in [5.41, 5.74) is 6.23. The number of rotatable bonds is 5. The Hall–Kier alpha value is -0.0800. The topological polar surface area (TPSA) is 38.0 Å². The van der Waals surface area contributed by atoms with Gasteiger partial charge in [0.05, 0.1) is 0 Å². The van der Waals surface area contributed by atoms with Crippen LogP contribution in [0.2, 0.25) is 0 Å². The van der Waals surface area contributed by atoms with Crippen molar-refractivity contribution in [2.24, 2.45) is 23.5 Å². The van der Waals surface area contributed by atoms with Crippen LogP contribution in [0, 0.1) is 17.8 Å². The first-order chi connectivity index (χ1) is 7.15. The summed E-state index contributed by atoms with van der Waals surface area (Å²) in [6.45, 7) is 6.72. The normalized spacial score (nSPS) is 38.2. The van der Waals surface area contributed by atoms with Gasteiger partial charge in [0.25, 0.3) is 0 Å². The Morgan fingerprint density at radius 1 is 1.40 bits per heavy atom. The van der Waals surface area contributed by atoms with Crippen LogP contribution in [0.3, 0.4) is 0 Å². The first-order valence-electron chi connectivity index (χ1n) is 6.60. The van der Waals surface area contributed by atoms with Crippen molar-refractivity contribution < 1.29 is 0 Å². The highest BCUT2D eigenvalue weighted by Crippen LogP contribution is 2.38. The molecule has 2 fully saturated rings. The lowest BCUT2D eigenvalue weighted by Gasteiger charge is -2.31. The molecule has 2 heteroatoms. The number of nitrogens with two attached hydrogens (primary N) is 1. The number of hydrogen-bond donors (Lipinski definition) is 2. The molecule has 0 aromatic rings. The molecule has 0 aliphatic heterocycles. The van der Waals surface area contributed by atoms with Gasteiger partial charge in [0.2, 0.25) is 0 Å². The zero-order valence-corrected chi connectivity index (χ0v) is 10.3. The van der Waals surface area contributed by atoms with Crippen LogP contribution in [0.5, 0.6) is 0 Å². The predicted octanol–water partition coefficient (Wildman–Crippen LogP) is 2.14. The first-order valence-corrected chi connectivity index (χ1v) is 6.60. The zero-order valence-electron chi connectivity index (χ0n) is 10.3. The summed E-state index contributed by atoms with van der Waals surface area (Å²) in [4.78, 5) is 0. The van der Waals surface area contributed by atoms with E-state index in [-0.39, 0.29) is 5.54 Å². The molecule has 0 heterocycles. The van der Waals surface area contributed by atoms with Crippen LogP contribution < -0.4 is 11.1 Å². The van der Waals surface area contributed by atoms with E-state index < -0.39 is 0 Å². The van der Waals surface area contributed by atoms with E-state index in [2.05, 4.69) is 19.2 Å². The van der Waals surface area contributed by atoms with Gasteiger partial charge in [0.1, 0.15) is 0 Å². The fourth-order valence-corrected chi connectivity index (χ4v) is 3.02. The Morgan fingerprint density at radius 2 is 2.13 bits per heavy atom. The van der Waals surface area contributed by atoms with E-state index in [0.717, 1.165) is 24.3 Å². The molecule has 0 radical (unpaired) electrons. The van der Waals surface area contributed by atoms with Crippen LogP contribution in [0.15, 0.2) is 0 Å². The minimum atomic E-state index is 0.280. The van der Waals surface area contributed by atoms with Gasteiger partial charge in [0, 0.05) is 12.1 Å². The molecule has 0 saturated heterocycles. The zero-order chi connectivity index (χ0) is 10.9. The van der Waals surface area contributed by atoms with Gasteiger partial charge in [-0.25, -0.2) is 0 Å². The maximum absolute atomic E-state index is 5.95. The van der Waals surface area contributed by atoms with Gasteiger partial charge in [-0.05, 0) is 56.4 Å². The van der Waals surface area contributed by atoms with E-state index in [1.165, 1.54) is 38.6 Å². The van der Waals surface area contributed by atoms with Crippen LogP contribution in [-0.2, 0) is 0 Å². The van der Waals surface area contributed by atoms with Gasteiger partial charge in [0.15, 0.2) is 0 Å². The highest BCUT2D eigenvalue weighted by molar-refractivity contribution is 4.96. The van der Waals surface area contributed by atoms with Gasteiger partial charge in [-0.1, -0.05) is 13.8 Å². The van der Waals surface area contributed by atoms with Crippen molar-refractivity contribution in [2.75, 3.05) is 13.1 Å². The van der Waals surface area contributed by atoms with Crippen LogP contribution in [0.4, 0.5) is 0 Å². The average molecular weight is 210 g/mol. The molecule has 0 amide bonds. The largest absolute Gasteiger partial charge is 0.329 e. The van der Waals surface area contributed by atoms with Crippen molar-refractivity contribution in [1.82, 2.24) is 5.32 Å². The van der Waals surface area contributed by atoms with Crippen LogP contribution in [0.1, 0.15) is 46.0 Å². The van der Waals surface area contributed by atoms with Gasteiger partial charge in [-0.15, -0.1) is 0 Å². The molecule has 3 atom stereocenters. The highest BCUT2D eigenvalue weighted by Gasteiger charge is 2.37. The van der Waals surface area contributed by atoms with E-state index in [9.17, 15) is 0 Å². The molecule has 0 spiro atoms. The smallest absolute Gasteiger partial charge is 0.0306 e. The minimum absolute atomic E-state index is 0.280. The fraction of sp³-hybridized carbons (Fsp3) is 1.00. The van der Waals surface area contributed by atoms with Gasteiger partial charge in [-0.3, -0.25) is 0 Å². The van der Waals surface area contributed by atoms with Crippen molar-refractivity contribution in [3.63, 3.8) is 0 Å². The molecular weight excluding hydrogens is 184 g/mol. The Kier molecular flexibility index (Phi) is 3.36. The molecule has 2 saturated carbocycles. The van der Waals surface area contributed by atoms with Gasteiger partial charge in [-0.2, -0.15) is 0 Å². The quantitative estimate of drug-likeness (QED) is 0.729. The molecule has 88 valence electrons. The Morgan fingerprint density at radius 3 is 2.60 bits per heavy atom. The molecule has 15 heavy (non-hydrogen) atoms. The predicted molar refractivity (Wildman–Crippen MR) is 64.7 cm³/mol. The van der Waals surface area contributed by atoms with Crippen LogP contribution in [-0.4, -0.2) is 18.6 Å². The molecular formula is C13H26N2. The van der Waals surface area contributed by atoms with Crippen molar-refractivity contribution >= 4 is 0 Å². The summed E-state index contributed by atoms with van der Waals surface area (Å²) < 4.78 is 0. The summed E-state index contributed by atoms with van der Waals surface area (Å²) in [7, 11) is 0. The Bertz CT molecular complexity index is 213. The summed E-state index contributed by atoms with van der Waals surface area (Å²) in [6.07, 6.45) is 6.81. The van der Waals surface area contributed by atoms with E-state index in [1.807, 2.05) is 0 Å². The third-order valence-corrected chi connectivity index (χ3v) is 4.47. The second-order valence-corrected chi connectivity index (χ2v) is 6.03. The molecule has 2 aliphatic rings. The highest BCUT2D eigenvalue weighted by atomic mass is 15.0. The number of hydrogen-bond acceptors (Lipinski definition) is 2. The van der Waals surface area contributed by atoms with Crippen molar-refractivity contribution in [2.45, 2.75) is 51.5 Å². The lowest BCUT2D eigenvalue weighted by molar-refractivity contribution is 0.300. The van der Waals surface area contributed by atoms with E-state index in [1.54, 1.807) is 0 Å².